The number of alkyl carbamates (subject to hydrolysis) is 2. The van der Waals surface area contributed by atoms with Crippen LogP contribution in [0.15, 0.2) is 91.1 Å². The minimum atomic E-state index is -0.771. The lowest BCUT2D eigenvalue weighted by Crippen LogP contribution is -2.51. The molecule has 4 heterocycles. The van der Waals surface area contributed by atoms with E-state index < -0.39 is 24.4 Å². The Morgan fingerprint density at radius 2 is 1.34 bits per heavy atom. The Hall–Kier alpha value is -6.61. The van der Waals surface area contributed by atoms with E-state index in [2.05, 4.69) is 74.4 Å². The highest BCUT2D eigenvalue weighted by atomic mass is 35.5. The van der Waals surface area contributed by atoms with Crippen molar-refractivity contribution in [3.63, 3.8) is 0 Å². The number of methoxy groups -OCH3 is 2. The van der Waals surface area contributed by atoms with Gasteiger partial charge in [0.25, 0.3) is 0 Å². The number of nitrogens with one attached hydrogen (secondary N) is 5. The second kappa shape index (κ2) is 18.3. The number of nitrogens with zero attached hydrogens (tertiary/aromatic N) is 4. The zero-order valence-corrected chi connectivity index (χ0v) is 35.3. The average molecular weight is 848 g/mol. The Bertz CT molecular complexity index is 2540. The number of amides is 5. The highest BCUT2D eigenvalue weighted by Gasteiger charge is 2.38. The van der Waals surface area contributed by atoms with Crippen molar-refractivity contribution in [2.75, 3.05) is 27.3 Å². The number of aromatic nitrogens is 4. The van der Waals surface area contributed by atoms with Crippen LogP contribution < -0.4 is 16.0 Å². The normalized spacial score (nSPS) is 17.2. The van der Waals surface area contributed by atoms with E-state index in [-0.39, 0.29) is 42.3 Å². The average Bonchev–Trinajstić information content (AvgIpc) is 4.11. The number of rotatable bonds is 10. The molecule has 0 bridgehead atoms. The zero-order chi connectivity index (χ0) is 41.9. The number of hydrogen-bond donors (Lipinski definition) is 5. The Labute approximate surface area is 359 Å². The highest BCUT2D eigenvalue weighted by molar-refractivity contribution is 5.92. The van der Waals surface area contributed by atoms with Crippen LogP contribution in [0.1, 0.15) is 75.0 Å². The van der Waals surface area contributed by atoms with Crippen molar-refractivity contribution in [2.24, 2.45) is 5.92 Å². The molecule has 2 fully saturated rings. The van der Waals surface area contributed by atoms with Gasteiger partial charge < -0.3 is 39.9 Å². The fourth-order valence-corrected chi connectivity index (χ4v) is 8.33. The summed E-state index contributed by atoms with van der Waals surface area (Å²) < 4.78 is 9.58. The second-order valence-corrected chi connectivity index (χ2v) is 15.6. The van der Waals surface area contributed by atoms with Crippen LogP contribution in [0.5, 0.6) is 0 Å². The molecule has 2 aromatic heterocycles. The molecule has 4 aromatic carbocycles. The Morgan fingerprint density at radius 1 is 0.721 bits per heavy atom. The predicted octanol–water partition coefficient (Wildman–Crippen LogP) is 8.14. The number of urea groups is 1. The van der Waals surface area contributed by atoms with Crippen molar-refractivity contribution in [3.05, 3.63) is 108 Å². The van der Waals surface area contributed by atoms with Crippen molar-refractivity contribution < 1.29 is 28.7 Å². The lowest BCUT2D eigenvalue weighted by molar-refractivity contribution is -0.135. The number of aromatic amines is 2. The lowest BCUT2D eigenvalue weighted by atomic mass is 9.99. The summed E-state index contributed by atoms with van der Waals surface area (Å²) in [6.45, 7) is 4.94. The van der Waals surface area contributed by atoms with Gasteiger partial charge in [-0.2, -0.15) is 0 Å². The smallest absolute Gasteiger partial charge is 0.408 e. The van der Waals surface area contributed by atoms with E-state index in [4.69, 9.17) is 19.4 Å². The van der Waals surface area contributed by atoms with E-state index in [0.29, 0.717) is 18.9 Å². The first-order valence-corrected chi connectivity index (χ1v) is 20.3. The number of fused-ring (bicyclic) bond motifs is 2. The molecule has 0 spiro atoms. The Morgan fingerprint density at radius 3 is 2.05 bits per heavy atom. The van der Waals surface area contributed by atoms with Gasteiger partial charge in [-0.3, -0.25) is 10.1 Å². The van der Waals surface area contributed by atoms with E-state index in [9.17, 15) is 19.2 Å². The first kappa shape index (κ1) is 42.5. The summed E-state index contributed by atoms with van der Waals surface area (Å²) in [7, 11) is 2.57. The van der Waals surface area contributed by atoms with Gasteiger partial charge in [-0.25, -0.2) is 24.4 Å². The molecule has 6 aromatic rings. The number of likely N-dealkylation sites (tertiary alicyclic amines) is 2. The van der Waals surface area contributed by atoms with Crippen LogP contribution in [-0.2, 0) is 14.3 Å². The predicted molar refractivity (Wildman–Crippen MR) is 234 cm³/mol. The zero-order valence-electron chi connectivity index (χ0n) is 34.4. The summed E-state index contributed by atoms with van der Waals surface area (Å²) in [5.74, 6) is 1.18. The summed E-state index contributed by atoms with van der Waals surface area (Å²) in [5, 5.41) is 10.5. The summed E-state index contributed by atoms with van der Waals surface area (Å²) in [6.07, 6.45) is 2.95. The van der Waals surface area contributed by atoms with Crippen molar-refractivity contribution in [3.8, 4) is 22.4 Å². The first-order chi connectivity index (χ1) is 29.1. The standard InChI is InChI=1S/C45H49N9O6.ClH/c1-26(2)38(50-44(57)59-3)42(55)53-20-8-12-36(53)40-46-25-35(49-40)32-17-16-28-22-29(14-15-30(28)23-32)31-18-19-33-34(24-31)48-41(47-33)37-13-9-21-54(37)43(56)51-39(52-45(58)60-4)27-10-6-5-7-11-27;/h5-7,10-11,14-19,22-26,36-39H,8-9,12-13,20-21H2,1-4H3,(H,46,49)(H,47,48)(H,50,57)(H,51,56)(H,52,58);1H/t36-,37-,38-,39+;/m0./s1. The van der Waals surface area contributed by atoms with Gasteiger partial charge in [-0.05, 0) is 83.3 Å². The molecule has 0 aliphatic carbocycles. The molecule has 5 N–H and O–H groups in total. The second-order valence-electron chi connectivity index (χ2n) is 15.6. The monoisotopic (exact) mass is 847 g/mol. The number of carbonyl (C=O) groups excluding carboxylic acids is 4. The van der Waals surface area contributed by atoms with E-state index >= 15 is 0 Å². The minimum absolute atomic E-state index is 0. The Balaban J connectivity index is 0.00000561. The molecule has 16 heteroatoms. The third-order valence-corrected chi connectivity index (χ3v) is 11.5. The molecule has 4 atom stereocenters. The van der Waals surface area contributed by atoms with Crippen LogP contribution in [0.3, 0.4) is 0 Å². The Kier molecular flexibility index (Phi) is 12.8. The van der Waals surface area contributed by atoms with E-state index in [1.807, 2.05) is 61.3 Å². The largest absolute Gasteiger partial charge is 0.453 e. The summed E-state index contributed by atoms with van der Waals surface area (Å²) in [6, 6.07) is 26.6. The molecule has 61 heavy (non-hydrogen) atoms. The summed E-state index contributed by atoms with van der Waals surface area (Å²) in [4.78, 5) is 71.5. The molecular weight excluding hydrogens is 798 g/mol. The molecule has 5 amide bonds. The molecule has 2 saturated heterocycles. The van der Waals surface area contributed by atoms with E-state index in [1.54, 1.807) is 4.90 Å². The van der Waals surface area contributed by atoms with Gasteiger partial charge in [0.1, 0.15) is 23.9 Å². The maximum absolute atomic E-state index is 13.7. The van der Waals surface area contributed by atoms with Gasteiger partial charge in [0.2, 0.25) is 5.91 Å². The van der Waals surface area contributed by atoms with Gasteiger partial charge in [0, 0.05) is 18.7 Å². The van der Waals surface area contributed by atoms with E-state index in [0.717, 1.165) is 81.3 Å². The summed E-state index contributed by atoms with van der Waals surface area (Å²) >= 11 is 0. The number of carbonyl (C=O) groups is 4. The number of imidazole rings is 2. The van der Waals surface area contributed by atoms with Crippen molar-refractivity contribution in [2.45, 2.75) is 63.8 Å². The fourth-order valence-electron chi connectivity index (χ4n) is 8.33. The van der Waals surface area contributed by atoms with Crippen molar-refractivity contribution in [1.29, 1.82) is 0 Å². The van der Waals surface area contributed by atoms with Gasteiger partial charge >= 0.3 is 18.2 Å². The molecule has 15 nitrogen and oxygen atoms in total. The number of benzene rings is 4. The topological polar surface area (TPSA) is 187 Å². The summed E-state index contributed by atoms with van der Waals surface area (Å²) in [5.41, 5.74) is 6.32. The lowest BCUT2D eigenvalue weighted by Gasteiger charge is -2.30. The molecule has 2 aliphatic heterocycles. The first-order valence-electron chi connectivity index (χ1n) is 20.3. The van der Waals surface area contributed by atoms with Crippen LogP contribution in [0, 0.1) is 5.92 Å². The van der Waals surface area contributed by atoms with E-state index in [1.165, 1.54) is 14.2 Å². The van der Waals surface area contributed by atoms with Crippen LogP contribution in [-0.4, -0.2) is 87.2 Å². The molecule has 318 valence electrons. The van der Waals surface area contributed by atoms with Crippen LogP contribution >= 0.6 is 12.4 Å². The third-order valence-electron chi connectivity index (χ3n) is 11.5. The molecule has 0 saturated carbocycles. The quantitative estimate of drug-likeness (QED) is 0.0855. The van der Waals surface area contributed by atoms with Gasteiger partial charge in [-0.15, -0.1) is 12.4 Å². The van der Waals surface area contributed by atoms with Crippen LogP contribution in [0.4, 0.5) is 14.4 Å². The number of hydrogen-bond acceptors (Lipinski definition) is 8. The van der Waals surface area contributed by atoms with Crippen molar-refractivity contribution >= 4 is 58.3 Å². The maximum Gasteiger partial charge on any atom is 0.408 e. The highest BCUT2D eigenvalue weighted by Crippen LogP contribution is 2.36. The fraction of sp³-hybridized carbons (Fsp3) is 0.333. The molecule has 0 radical (unpaired) electrons. The molecule has 0 unspecified atom stereocenters. The van der Waals surface area contributed by atoms with Crippen LogP contribution in [0.2, 0.25) is 0 Å². The van der Waals surface area contributed by atoms with Crippen molar-refractivity contribution in [1.82, 2.24) is 45.7 Å². The molecule has 8 rings (SSSR count). The maximum atomic E-state index is 13.7. The SMILES string of the molecule is COC(=O)N[C@@H](NC(=O)N1CCC[C@H]1c1nc2ccc(-c3ccc4cc(-c5cnc([C@@H]6CCCN6C(=O)[C@@H](NC(=O)OC)C(C)C)[nH]5)ccc4c3)cc2[nH]1)c1ccccc1.Cl. The number of ether oxygens (including phenoxy) is 2. The molecular formula is C45H50ClN9O6. The van der Waals surface area contributed by atoms with Crippen LogP contribution in [0.25, 0.3) is 44.2 Å². The minimum Gasteiger partial charge on any atom is -0.453 e. The third kappa shape index (κ3) is 8.97. The number of H-pyrrole nitrogens is 2. The van der Waals surface area contributed by atoms with Gasteiger partial charge in [0.05, 0.1) is 49.2 Å². The number of halogens is 1. The van der Waals surface area contributed by atoms with Gasteiger partial charge in [-0.1, -0.05) is 74.5 Å². The molecule has 2 aliphatic rings. The van der Waals surface area contributed by atoms with Gasteiger partial charge in [0.15, 0.2) is 0 Å².